The van der Waals surface area contributed by atoms with Crippen LogP contribution < -0.4 is 5.32 Å². The van der Waals surface area contributed by atoms with E-state index >= 15 is 0 Å². The summed E-state index contributed by atoms with van der Waals surface area (Å²) in [7, 11) is 0. The van der Waals surface area contributed by atoms with Gasteiger partial charge in [-0.2, -0.15) is 0 Å². The van der Waals surface area contributed by atoms with Crippen LogP contribution in [0.1, 0.15) is 0 Å². The van der Waals surface area contributed by atoms with E-state index in [0.29, 0.717) is 4.90 Å². The van der Waals surface area contributed by atoms with E-state index in [2.05, 4.69) is 0 Å². The number of ether oxygens (including phenoxy) is 1. The van der Waals surface area contributed by atoms with Crippen LogP contribution in [0.15, 0.2) is 0 Å². The Morgan fingerprint density at radius 3 is 2.44 bits per heavy atom. The van der Waals surface area contributed by atoms with Gasteiger partial charge in [0.2, 0.25) is 5.91 Å². The van der Waals surface area contributed by atoms with Gasteiger partial charge in [0.15, 0.2) is 6.23 Å². The average Bonchev–Trinajstić information content (AvgIpc) is 2.56. The number of amides is 3. The van der Waals surface area contributed by atoms with Gasteiger partial charge in [-0.15, -0.1) is 0 Å². The molecule has 0 saturated carbocycles. The quantitative estimate of drug-likeness (QED) is 0.347. The topological polar surface area (TPSA) is 140 Å². The van der Waals surface area contributed by atoms with Crippen LogP contribution in [0.4, 0.5) is 4.79 Å². The van der Waals surface area contributed by atoms with Gasteiger partial charge in [-0.05, 0) is 0 Å². The molecule has 0 spiro atoms. The molecule has 2 heterocycles. The van der Waals surface area contributed by atoms with Crippen LogP contribution in [0.3, 0.4) is 0 Å². The van der Waals surface area contributed by atoms with Crippen LogP contribution in [0.2, 0.25) is 0 Å². The minimum Gasteiger partial charge on any atom is -0.394 e. The molecular weight excluding hydrogens is 248 g/mol. The van der Waals surface area contributed by atoms with E-state index in [9.17, 15) is 24.9 Å². The van der Waals surface area contributed by atoms with Crippen LogP contribution in [0, 0.1) is 6.42 Å². The molecule has 2 saturated heterocycles. The molecule has 0 aromatic heterocycles. The van der Waals surface area contributed by atoms with Crippen LogP contribution in [-0.4, -0.2) is 74.6 Å². The molecular formula is C9H13N2O7. The second-order valence-corrected chi connectivity index (χ2v) is 4.01. The molecule has 101 valence electrons. The number of imide groups is 1. The normalized spacial score (nSPS) is 41.1. The fourth-order valence-corrected chi connectivity index (χ4v) is 1.92. The molecule has 2 aliphatic heterocycles. The number of aliphatic hydroxyl groups excluding tert-OH is 4. The van der Waals surface area contributed by atoms with Gasteiger partial charge in [0.25, 0.3) is 0 Å². The molecule has 3 amide bonds. The number of rotatable bonds is 2. The molecule has 18 heavy (non-hydrogen) atoms. The number of hydrogen-bond donors (Lipinski definition) is 5. The largest absolute Gasteiger partial charge is 0.394 e. The highest BCUT2D eigenvalue weighted by atomic mass is 16.6. The van der Waals surface area contributed by atoms with E-state index in [4.69, 9.17) is 9.84 Å². The summed E-state index contributed by atoms with van der Waals surface area (Å²) in [6.45, 7) is -0.553. The summed E-state index contributed by atoms with van der Waals surface area (Å²) in [5.74, 6) is -0.768. The first-order valence-corrected chi connectivity index (χ1v) is 5.24. The molecule has 5 atom stereocenters. The standard InChI is InChI=1S/C9H13N2O7/c12-2-3-6(15)7(16)8(18-3)11-5(14)1-4(13)10-9(11)17/h1,3,5-8,12,14-16H,2H2,(H,10,13,17)/t3-,5?,6-,7-,8-/m1/s1. The van der Waals surface area contributed by atoms with Crippen molar-refractivity contribution in [3.8, 4) is 0 Å². The van der Waals surface area contributed by atoms with Gasteiger partial charge >= 0.3 is 6.03 Å². The van der Waals surface area contributed by atoms with Crippen molar-refractivity contribution in [1.29, 1.82) is 0 Å². The Kier molecular flexibility index (Phi) is 3.50. The van der Waals surface area contributed by atoms with Gasteiger partial charge in [0.1, 0.15) is 24.5 Å². The summed E-state index contributed by atoms with van der Waals surface area (Å²) in [5, 5.41) is 39.6. The molecule has 0 aromatic carbocycles. The molecule has 2 aliphatic rings. The Morgan fingerprint density at radius 1 is 1.28 bits per heavy atom. The Balaban J connectivity index is 2.16. The van der Waals surface area contributed by atoms with Gasteiger partial charge in [-0.3, -0.25) is 15.0 Å². The number of urea groups is 1. The van der Waals surface area contributed by atoms with E-state index in [1.54, 1.807) is 0 Å². The summed E-state index contributed by atoms with van der Waals surface area (Å²) in [6.07, 6.45) is -6.06. The highest BCUT2D eigenvalue weighted by molar-refractivity contribution is 6.01. The average molecular weight is 261 g/mol. The highest BCUT2D eigenvalue weighted by Crippen LogP contribution is 2.26. The zero-order chi connectivity index (χ0) is 13.4. The SMILES string of the molecule is O=C1[CH]C(O)N([C@@H]2O[C@H](CO)[C@@H](O)[C@H]2O)C(=O)N1. The Morgan fingerprint density at radius 2 is 1.94 bits per heavy atom. The second-order valence-electron chi connectivity index (χ2n) is 4.01. The fourth-order valence-electron chi connectivity index (χ4n) is 1.92. The maximum absolute atomic E-state index is 11.5. The zero-order valence-electron chi connectivity index (χ0n) is 9.13. The van der Waals surface area contributed by atoms with Gasteiger partial charge in [0.05, 0.1) is 13.0 Å². The molecule has 1 radical (unpaired) electrons. The van der Waals surface area contributed by atoms with E-state index in [0.717, 1.165) is 6.42 Å². The summed E-state index contributed by atoms with van der Waals surface area (Å²) in [4.78, 5) is 23.1. The van der Waals surface area contributed by atoms with Crippen molar-refractivity contribution in [3.63, 3.8) is 0 Å². The smallest absolute Gasteiger partial charge is 0.328 e. The predicted molar refractivity (Wildman–Crippen MR) is 53.4 cm³/mol. The minimum atomic E-state index is -1.57. The number of hydrogen-bond acceptors (Lipinski definition) is 7. The van der Waals surface area contributed by atoms with Crippen LogP contribution in [-0.2, 0) is 9.53 Å². The van der Waals surface area contributed by atoms with Crippen molar-refractivity contribution in [2.75, 3.05) is 6.61 Å². The van der Waals surface area contributed by atoms with E-state index in [-0.39, 0.29) is 0 Å². The minimum absolute atomic E-state index is 0.553. The predicted octanol–water partition coefficient (Wildman–Crippen LogP) is -3.50. The van der Waals surface area contributed by atoms with Crippen molar-refractivity contribution in [3.05, 3.63) is 6.42 Å². The third kappa shape index (κ3) is 2.06. The summed E-state index contributed by atoms with van der Waals surface area (Å²) < 4.78 is 5.07. The second kappa shape index (κ2) is 4.78. The first kappa shape index (κ1) is 13.2. The number of carbonyl (C=O) groups excluding carboxylic acids is 2. The Hall–Kier alpha value is -1.26. The lowest BCUT2D eigenvalue weighted by Crippen LogP contribution is -2.61. The first-order valence-electron chi connectivity index (χ1n) is 5.24. The lowest BCUT2D eigenvalue weighted by atomic mass is 10.1. The molecule has 0 bridgehead atoms. The highest BCUT2D eigenvalue weighted by Gasteiger charge is 2.50. The third-order valence-electron chi connectivity index (χ3n) is 2.84. The maximum Gasteiger partial charge on any atom is 0.328 e. The van der Waals surface area contributed by atoms with Crippen LogP contribution in [0.5, 0.6) is 0 Å². The Labute approximate surface area is 102 Å². The van der Waals surface area contributed by atoms with Gasteiger partial charge in [-0.1, -0.05) is 0 Å². The molecule has 2 fully saturated rings. The van der Waals surface area contributed by atoms with Crippen LogP contribution in [0.25, 0.3) is 0 Å². The van der Waals surface area contributed by atoms with Crippen molar-refractivity contribution < 1.29 is 34.8 Å². The lowest BCUT2D eigenvalue weighted by Gasteiger charge is -2.36. The van der Waals surface area contributed by atoms with Crippen molar-refractivity contribution in [2.45, 2.75) is 30.8 Å². The van der Waals surface area contributed by atoms with Crippen molar-refractivity contribution in [1.82, 2.24) is 10.2 Å². The summed E-state index contributed by atoms with van der Waals surface area (Å²) in [6, 6.07) is -0.954. The number of nitrogens with zero attached hydrogens (tertiary/aromatic N) is 1. The summed E-state index contributed by atoms with van der Waals surface area (Å²) in [5.41, 5.74) is 0. The van der Waals surface area contributed by atoms with Crippen LogP contribution >= 0.6 is 0 Å². The maximum atomic E-state index is 11.5. The monoisotopic (exact) mass is 261 g/mol. The molecule has 5 N–H and O–H groups in total. The van der Waals surface area contributed by atoms with Gasteiger partial charge < -0.3 is 25.2 Å². The molecule has 9 nitrogen and oxygen atoms in total. The third-order valence-corrected chi connectivity index (χ3v) is 2.84. The van der Waals surface area contributed by atoms with E-state index < -0.39 is 49.3 Å². The molecule has 2 rings (SSSR count). The summed E-state index contributed by atoms with van der Waals surface area (Å²) >= 11 is 0. The molecule has 0 aromatic rings. The van der Waals surface area contributed by atoms with Crippen molar-refractivity contribution in [2.24, 2.45) is 0 Å². The number of aliphatic hydroxyl groups is 4. The van der Waals surface area contributed by atoms with E-state index in [1.807, 2.05) is 5.32 Å². The molecule has 1 unspecified atom stereocenters. The van der Waals surface area contributed by atoms with Gasteiger partial charge in [-0.25, -0.2) is 4.79 Å². The zero-order valence-corrected chi connectivity index (χ0v) is 9.13. The molecule has 9 heteroatoms. The number of nitrogens with one attached hydrogen (secondary N) is 1. The van der Waals surface area contributed by atoms with E-state index in [1.165, 1.54) is 0 Å². The first-order chi connectivity index (χ1) is 8.45. The Bertz CT molecular complexity index is 363. The fraction of sp³-hybridized carbons (Fsp3) is 0.667. The molecule has 0 aliphatic carbocycles. The number of carbonyl (C=O) groups is 2. The lowest BCUT2D eigenvalue weighted by molar-refractivity contribution is -0.139. The van der Waals surface area contributed by atoms with Gasteiger partial charge in [0, 0.05) is 0 Å². The van der Waals surface area contributed by atoms with Crippen molar-refractivity contribution >= 4 is 11.9 Å².